The van der Waals surface area contributed by atoms with E-state index in [1.54, 1.807) is 36.4 Å². The minimum absolute atomic E-state index is 0.461. The van der Waals surface area contributed by atoms with Crippen LogP contribution in [0.1, 0.15) is 11.1 Å². The summed E-state index contributed by atoms with van der Waals surface area (Å²) in [7, 11) is 0. The molecule has 0 spiro atoms. The van der Waals surface area contributed by atoms with E-state index in [1.165, 1.54) is 28.2 Å². The molecule has 0 saturated carbocycles. The van der Waals surface area contributed by atoms with Gasteiger partial charge in [-0.2, -0.15) is 0 Å². The molecule has 2 saturated heterocycles. The Morgan fingerprint density at radius 1 is 0.475 bits per heavy atom. The van der Waals surface area contributed by atoms with Gasteiger partial charge in [-0.1, -0.05) is 71.8 Å². The predicted octanol–water partition coefficient (Wildman–Crippen LogP) is 10.3. The number of carbonyl (C=O) groups excluding carboxylic acids is 2. The molecule has 1 amide bonds. The summed E-state index contributed by atoms with van der Waals surface area (Å²) in [5.74, 6) is 0.982. The van der Waals surface area contributed by atoms with Gasteiger partial charge in [0.1, 0.15) is 11.5 Å². The van der Waals surface area contributed by atoms with Crippen LogP contribution in [0.3, 0.4) is 0 Å². The number of rotatable bonds is 7. The second-order valence-corrected chi connectivity index (χ2v) is 14.5. The van der Waals surface area contributed by atoms with E-state index in [-0.39, 0.29) is 0 Å². The third-order valence-electron chi connectivity index (χ3n) is 9.99. The summed E-state index contributed by atoms with van der Waals surface area (Å²) in [5.41, 5.74) is 14.1. The second kappa shape index (κ2) is 21.2. The summed E-state index contributed by atoms with van der Waals surface area (Å²) < 4.78 is 9.80. The van der Waals surface area contributed by atoms with E-state index in [4.69, 9.17) is 22.1 Å². The van der Waals surface area contributed by atoms with Crippen molar-refractivity contribution in [1.82, 2.24) is 0 Å². The fraction of sp³-hybridized carbons (Fsp3) is 0.208. The van der Waals surface area contributed by atoms with Gasteiger partial charge in [-0.05, 0) is 111 Å². The molecule has 0 bridgehead atoms. The zero-order valence-corrected chi connectivity index (χ0v) is 34.3. The van der Waals surface area contributed by atoms with Gasteiger partial charge in [0.15, 0.2) is 0 Å². The van der Waals surface area contributed by atoms with E-state index < -0.39 is 11.5 Å². The Labute approximate surface area is 352 Å². The molecule has 6 aromatic carbocycles. The van der Waals surface area contributed by atoms with Crippen LogP contribution in [0.15, 0.2) is 158 Å². The van der Waals surface area contributed by atoms with Crippen LogP contribution in [-0.2, 0) is 0 Å². The summed E-state index contributed by atoms with van der Waals surface area (Å²) >= 11 is 4.95. The summed E-state index contributed by atoms with van der Waals surface area (Å²) in [6.45, 7) is 12.4. The van der Waals surface area contributed by atoms with Gasteiger partial charge in [0.2, 0.25) is 0 Å². The molecular weight excluding hydrogens is 760 g/mol. The number of nitrogens with two attached hydrogens (primary N) is 1. The molecule has 59 heavy (non-hydrogen) atoms. The summed E-state index contributed by atoms with van der Waals surface area (Å²) in [5, 5.41) is 2.77. The number of hydrogen-bond donors (Lipinski definition) is 2. The third kappa shape index (κ3) is 13.2. The predicted molar refractivity (Wildman–Crippen MR) is 243 cm³/mol. The quantitative estimate of drug-likeness (QED) is 0.120. The fourth-order valence-corrected chi connectivity index (χ4v) is 6.81. The highest BCUT2D eigenvalue weighted by Gasteiger charge is 2.19. The van der Waals surface area contributed by atoms with Crippen LogP contribution in [0.4, 0.5) is 43.7 Å². The minimum atomic E-state index is -0.814. The highest BCUT2D eigenvalue weighted by atomic mass is 35.5. The first-order valence-corrected chi connectivity index (χ1v) is 20.1. The van der Waals surface area contributed by atoms with Crippen LogP contribution in [0.2, 0.25) is 0 Å². The number of para-hydroxylation sites is 2. The van der Waals surface area contributed by atoms with Gasteiger partial charge < -0.3 is 34.8 Å². The Morgan fingerprint density at radius 2 is 0.797 bits per heavy atom. The fourth-order valence-electron chi connectivity index (χ4n) is 6.72. The van der Waals surface area contributed by atoms with Gasteiger partial charge >= 0.3 is 11.5 Å². The smallest absolute Gasteiger partial charge is 0.415 e. The first-order valence-electron chi connectivity index (χ1n) is 19.7. The van der Waals surface area contributed by atoms with E-state index in [0.717, 1.165) is 63.7 Å². The Balaban J connectivity index is 0.000000168. The number of carbonyl (C=O) groups is 2. The topological polar surface area (TPSA) is 104 Å². The number of nitrogen functional groups attached to an aromatic ring is 1. The molecule has 0 radical (unpaired) electrons. The van der Waals surface area contributed by atoms with Crippen LogP contribution in [0, 0.1) is 13.8 Å². The average molecular weight is 811 g/mol. The maximum Gasteiger partial charge on any atom is 0.417 e. The van der Waals surface area contributed by atoms with Crippen LogP contribution >= 0.6 is 11.6 Å². The Hall–Kier alpha value is -6.65. The number of piperazine rings is 2. The molecule has 3 N–H and O–H groups in total. The highest BCUT2D eigenvalue weighted by molar-refractivity contribution is 6.61. The number of ether oxygens (including phenoxy) is 2. The maximum absolute atomic E-state index is 12.0. The minimum Gasteiger partial charge on any atom is -0.415 e. The Kier molecular flexibility index (Phi) is 15.1. The molecule has 2 heterocycles. The number of nitrogens with zero attached hydrogens (tertiary/aromatic N) is 4. The molecule has 0 aromatic heterocycles. The van der Waals surface area contributed by atoms with Crippen molar-refractivity contribution in [3.63, 3.8) is 0 Å². The lowest BCUT2D eigenvalue weighted by atomic mass is 10.2. The number of halogens is 1. The molecule has 8 rings (SSSR count). The molecule has 2 aliphatic heterocycles. The molecule has 11 heteroatoms. The zero-order chi connectivity index (χ0) is 41.4. The van der Waals surface area contributed by atoms with Crippen molar-refractivity contribution in [2.24, 2.45) is 0 Å². The van der Waals surface area contributed by atoms with E-state index in [2.05, 4.69) is 104 Å². The lowest BCUT2D eigenvalue weighted by Crippen LogP contribution is -2.46. The van der Waals surface area contributed by atoms with Crippen molar-refractivity contribution in [1.29, 1.82) is 0 Å². The normalized spacial score (nSPS) is 13.5. The molecule has 10 nitrogen and oxygen atoms in total. The second-order valence-electron chi connectivity index (χ2n) is 14.2. The SMILES string of the molecule is Cc1ccc(N2CCN(c3ccc(N)cc3)CC2)cc1.Cc1ccc(N2CCN(c3ccc(NC(=O)Oc4ccccc4)cc3)CC2)cc1.O=C(Cl)Oc1ccccc1. The van der Waals surface area contributed by atoms with Crippen molar-refractivity contribution >= 4 is 57.2 Å². The number of hydrogen-bond acceptors (Lipinski definition) is 9. The van der Waals surface area contributed by atoms with Crippen LogP contribution in [-0.4, -0.2) is 63.9 Å². The van der Waals surface area contributed by atoms with Gasteiger partial charge in [-0.3, -0.25) is 5.32 Å². The molecule has 0 aliphatic carbocycles. The molecule has 304 valence electrons. The van der Waals surface area contributed by atoms with Crippen molar-refractivity contribution in [2.75, 3.05) is 83.0 Å². The number of anilines is 6. The maximum atomic E-state index is 12.0. The van der Waals surface area contributed by atoms with Crippen LogP contribution in [0.5, 0.6) is 11.5 Å². The van der Waals surface area contributed by atoms with Gasteiger partial charge in [-0.15, -0.1) is 0 Å². The van der Waals surface area contributed by atoms with Gasteiger partial charge in [-0.25, -0.2) is 9.59 Å². The summed E-state index contributed by atoms with van der Waals surface area (Å²) in [6.07, 6.45) is -0.490. The molecule has 0 unspecified atom stereocenters. The van der Waals surface area contributed by atoms with E-state index in [0.29, 0.717) is 17.2 Å². The molecule has 2 fully saturated rings. The van der Waals surface area contributed by atoms with Crippen molar-refractivity contribution in [3.8, 4) is 11.5 Å². The highest BCUT2D eigenvalue weighted by Crippen LogP contribution is 2.24. The van der Waals surface area contributed by atoms with E-state index in [1.807, 2.05) is 60.7 Å². The average Bonchev–Trinajstić information content (AvgIpc) is 3.26. The molecular formula is C48H51ClN6O4. The number of aryl methyl sites for hydroxylation is 2. The third-order valence-corrected chi connectivity index (χ3v) is 10.1. The van der Waals surface area contributed by atoms with Gasteiger partial charge in [0.05, 0.1) is 0 Å². The lowest BCUT2D eigenvalue weighted by Gasteiger charge is -2.37. The Morgan fingerprint density at radius 3 is 1.15 bits per heavy atom. The molecule has 0 atom stereocenters. The van der Waals surface area contributed by atoms with Gasteiger partial charge in [0.25, 0.3) is 0 Å². The van der Waals surface area contributed by atoms with E-state index >= 15 is 0 Å². The number of benzene rings is 6. The first kappa shape index (κ1) is 42.0. The number of amides is 1. The Bertz CT molecular complexity index is 2120. The summed E-state index contributed by atoms with van der Waals surface area (Å²) in [6, 6.07) is 51.3. The van der Waals surface area contributed by atoms with Crippen molar-refractivity contribution in [3.05, 3.63) is 169 Å². The monoisotopic (exact) mass is 810 g/mol. The van der Waals surface area contributed by atoms with Crippen LogP contribution in [0.25, 0.3) is 0 Å². The first-order chi connectivity index (χ1) is 28.7. The van der Waals surface area contributed by atoms with Crippen molar-refractivity contribution in [2.45, 2.75) is 13.8 Å². The lowest BCUT2D eigenvalue weighted by molar-refractivity contribution is 0.215. The van der Waals surface area contributed by atoms with Gasteiger partial charge in [0, 0.05) is 98.1 Å². The molecule has 2 aliphatic rings. The zero-order valence-electron chi connectivity index (χ0n) is 33.5. The summed E-state index contributed by atoms with van der Waals surface area (Å²) in [4.78, 5) is 31.8. The largest absolute Gasteiger partial charge is 0.417 e. The molecule has 6 aromatic rings. The van der Waals surface area contributed by atoms with Crippen LogP contribution < -0.4 is 40.1 Å². The number of nitrogens with one attached hydrogen (secondary N) is 1. The van der Waals surface area contributed by atoms with Crippen molar-refractivity contribution < 1.29 is 19.1 Å². The standard InChI is InChI=1S/C24H25N3O2.C17H21N3.C7H5ClO2/c1-19-7-11-21(12-8-19)26-15-17-27(18-16-26)22-13-9-20(10-14-22)25-24(28)29-23-5-3-2-4-6-23;1-14-2-6-16(7-3-14)19-10-12-20(13-11-19)17-8-4-15(18)5-9-17;8-7(9)10-6-4-2-1-3-5-6/h2-14H,15-18H2,1H3,(H,25,28);2-9H,10-13,18H2,1H3;1-5H. The van der Waals surface area contributed by atoms with E-state index in [9.17, 15) is 9.59 Å².